The van der Waals surface area contributed by atoms with Crippen molar-refractivity contribution in [3.05, 3.63) is 46.8 Å². The zero-order chi connectivity index (χ0) is 12.5. The van der Waals surface area contributed by atoms with Crippen molar-refractivity contribution >= 4 is 38.5 Å². The topological polar surface area (TPSA) is 53.6 Å². The summed E-state index contributed by atoms with van der Waals surface area (Å²) >= 11 is 3.44. The van der Waals surface area contributed by atoms with Crippen molar-refractivity contribution in [2.45, 2.75) is 6.92 Å². The van der Waals surface area contributed by atoms with E-state index >= 15 is 0 Å². The number of hydrogen-bond donors (Lipinski definition) is 2. The summed E-state index contributed by atoms with van der Waals surface area (Å²) in [6, 6.07) is 7.98. The van der Waals surface area contributed by atoms with Gasteiger partial charge in [0, 0.05) is 16.4 Å². The second-order valence-electron chi connectivity index (χ2n) is 4.08. The molecule has 0 fully saturated rings. The van der Waals surface area contributed by atoms with Crippen LogP contribution < -0.4 is 5.32 Å². The molecule has 0 radical (unpaired) electrons. The van der Waals surface area contributed by atoms with Gasteiger partial charge in [-0.2, -0.15) is 0 Å². The van der Waals surface area contributed by atoms with Gasteiger partial charge in [0.1, 0.15) is 5.82 Å². The molecule has 2 aromatic heterocycles. The van der Waals surface area contributed by atoms with Gasteiger partial charge in [0.05, 0.1) is 17.4 Å². The molecule has 0 aliphatic heterocycles. The lowest BCUT2D eigenvalue weighted by Crippen LogP contribution is -1.94. The number of anilines is 2. The molecule has 3 rings (SSSR count). The summed E-state index contributed by atoms with van der Waals surface area (Å²) in [5.74, 6) is 0.828. The Morgan fingerprint density at radius 1 is 1.22 bits per heavy atom. The maximum absolute atomic E-state index is 4.32. The molecule has 3 aromatic rings. The van der Waals surface area contributed by atoms with E-state index in [0.29, 0.717) is 0 Å². The molecule has 0 amide bonds. The highest BCUT2D eigenvalue weighted by Crippen LogP contribution is 2.22. The number of nitrogens with one attached hydrogen (secondary N) is 2. The van der Waals surface area contributed by atoms with Crippen LogP contribution in [0.2, 0.25) is 0 Å². The van der Waals surface area contributed by atoms with Crippen LogP contribution in [0, 0.1) is 6.92 Å². The minimum absolute atomic E-state index is 0.828. The molecular formula is C13H11BrN4. The fraction of sp³-hybridized carbons (Fsp3) is 0.0769. The predicted octanol–water partition coefficient (Wildman–Crippen LogP) is 3.77. The van der Waals surface area contributed by atoms with Crippen LogP contribution in [0.25, 0.3) is 11.0 Å². The van der Waals surface area contributed by atoms with Crippen LogP contribution >= 0.6 is 15.9 Å². The number of rotatable bonds is 2. The number of fused-ring (bicyclic) bond motifs is 1. The average molecular weight is 303 g/mol. The summed E-state index contributed by atoms with van der Waals surface area (Å²) in [5.41, 5.74) is 4.10. The Bertz CT molecular complexity index is 705. The highest BCUT2D eigenvalue weighted by atomic mass is 79.9. The van der Waals surface area contributed by atoms with E-state index < -0.39 is 0 Å². The number of nitrogens with zero attached hydrogens (tertiary/aromatic N) is 2. The molecule has 18 heavy (non-hydrogen) atoms. The Kier molecular flexibility index (Phi) is 2.76. The lowest BCUT2D eigenvalue weighted by Gasteiger charge is -2.07. The summed E-state index contributed by atoms with van der Waals surface area (Å²) in [6.07, 6.45) is 3.49. The third kappa shape index (κ3) is 2.09. The first kappa shape index (κ1) is 11.2. The first-order chi connectivity index (χ1) is 8.72. The van der Waals surface area contributed by atoms with Gasteiger partial charge in [-0.1, -0.05) is 0 Å². The summed E-state index contributed by atoms with van der Waals surface area (Å²) < 4.78 is 1.01. The van der Waals surface area contributed by atoms with Crippen LogP contribution in [-0.4, -0.2) is 15.0 Å². The number of halogens is 1. The van der Waals surface area contributed by atoms with Gasteiger partial charge < -0.3 is 10.3 Å². The molecule has 90 valence electrons. The second kappa shape index (κ2) is 4.42. The van der Waals surface area contributed by atoms with E-state index in [4.69, 9.17) is 0 Å². The Morgan fingerprint density at radius 2 is 2.11 bits per heavy atom. The molecule has 2 N–H and O–H groups in total. The number of benzene rings is 1. The second-order valence-corrected chi connectivity index (χ2v) is 4.93. The Hall–Kier alpha value is -1.88. The summed E-state index contributed by atoms with van der Waals surface area (Å²) in [6.45, 7) is 2.04. The molecular weight excluding hydrogens is 292 g/mol. The fourth-order valence-corrected chi connectivity index (χ4v) is 1.99. The molecule has 0 saturated heterocycles. The van der Waals surface area contributed by atoms with Crippen molar-refractivity contribution in [3.8, 4) is 0 Å². The zero-order valence-electron chi connectivity index (χ0n) is 9.74. The Balaban J connectivity index is 1.92. The molecule has 0 aliphatic rings. The number of imidazole rings is 1. The molecule has 0 spiro atoms. The number of hydrogen-bond acceptors (Lipinski definition) is 3. The van der Waals surface area contributed by atoms with Gasteiger partial charge in [-0.3, -0.25) is 0 Å². The van der Waals surface area contributed by atoms with E-state index in [0.717, 1.165) is 32.6 Å². The van der Waals surface area contributed by atoms with Crippen molar-refractivity contribution in [1.82, 2.24) is 15.0 Å². The highest BCUT2D eigenvalue weighted by Gasteiger charge is 2.01. The van der Waals surface area contributed by atoms with Gasteiger partial charge in [-0.05, 0) is 52.7 Å². The third-order valence-electron chi connectivity index (χ3n) is 2.74. The average Bonchev–Trinajstić information content (AvgIpc) is 2.81. The van der Waals surface area contributed by atoms with Crippen LogP contribution in [0.1, 0.15) is 5.56 Å². The van der Waals surface area contributed by atoms with Crippen molar-refractivity contribution in [2.24, 2.45) is 0 Å². The monoisotopic (exact) mass is 302 g/mol. The van der Waals surface area contributed by atoms with E-state index in [-0.39, 0.29) is 0 Å². The van der Waals surface area contributed by atoms with Crippen LogP contribution in [0.5, 0.6) is 0 Å². The van der Waals surface area contributed by atoms with Gasteiger partial charge in [-0.15, -0.1) is 0 Å². The van der Waals surface area contributed by atoms with E-state index in [1.807, 2.05) is 31.2 Å². The van der Waals surface area contributed by atoms with E-state index in [2.05, 4.69) is 36.2 Å². The molecule has 1 aromatic carbocycles. The summed E-state index contributed by atoms with van der Waals surface area (Å²) in [4.78, 5) is 11.6. The van der Waals surface area contributed by atoms with Crippen molar-refractivity contribution in [2.75, 3.05) is 5.32 Å². The zero-order valence-corrected chi connectivity index (χ0v) is 11.3. The van der Waals surface area contributed by atoms with Crippen LogP contribution in [-0.2, 0) is 0 Å². The molecule has 4 nitrogen and oxygen atoms in total. The standard InChI is InChI=1S/C13H11BrN4/c1-8-4-13(15-6-10(8)14)18-9-2-3-11-12(5-9)17-7-16-11/h2-7H,1H3,(H,15,18)(H,16,17). The van der Waals surface area contributed by atoms with Crippen LogP contribution in [0.4, 0.5) is 11.5 Å². The number of aromatic amines is 1. The predicted molar refractivity (Wildman–Crippen MR) is 76.1 cm³/mol. The lowest BCUT2D eigenvalue weighted by molar-refractivity contribution is 1.25. The number of pyridine rings is 1. The molecule has 0 atom stereocenters. The van der Waals surface area contributed by atoms with Gasteiger partial charge in [0.25, 0.3) is 0 Å². The number of aromatic nitrogens is 3. The van der Waals surface area contributed by atoms with Crippen LogP contribution in [0.15, 0.2) is 41.3 Å². The highest BCUT2D eigenvalue weighted by molar-refractivity contribution is 9.10. The molecule has 0 bridgehead atoms. The Labute approximate surface area is 113 Å². The van der Waals surface area contributed by atoms with Crippen molar-refractivity contribution < 1.29 is 0 Å². The maximum Gasteiger partial charge on any atom is 0.130 e. The summed E-state index contributed by atoms with van der Waals surface area (Å²) in [5, 5.41) is 3.27. The van der Waals surface area contributed by atoms with Gasteiger partial charge >= 0.3 is 0 Å². The van der Waals surface area contributed by atoms with E-state index in [1.165, 1.54) is 0 Å². The quantitative estimate of drug-likeness (QED) is 0.757. The molecule has 5 heteroatoms. The molecule has 0 aliphatic carbocycles. The maximum atomic E-state index is 4.32. The van der Waals surface area contributed by atoms with E-state index in [9.17, 15) is 0 Å². The fourth-order valence-electron chi connectivity index (χ4n) is 1.77. The van der Waals surface area contributed by atoms with Gasteiger partial charge in [-0.25, -0.2) is 9.97 Å². The third-order valence-corrected chi connectivity index (χ3v) is 3.57. The lowest BCUT2D eigenvalue weighted by atomic mass is 10.2. The van der Waals surface area contributed by atoms with Crippen molar-refractivity contribution in [1.29, 1.82) is 0 Å². The normalized spacial score (nSPS) is 10.8. The van der Waals surface area contributed by atoms with E-state index in [1.54, 1.807) is 12.5 Å². The smallest absolute Gasteiger partial charge is 0.130 e. The minimum atomic E-state index is 0.828. The van der Waals surface area contributed by atoms with Gasteiger partial charge in [0.2, 0.25) is 0 Å². The molecule has 2 heterocycles. The SMILES string of the molecule is Cc1cc(Nc2ccc3nc[nH]c3c2)ncc1Br. The Morgan fingerprint density at radius 3 is 2.94 bits per heavy atom. The number of H-pyrrole nitrogens is 1. The molecule has 0 saturated carbocycles. The van der Waals surface area contributed by atoms with Gasteiger partial charge in [0.15, 0.2) is 0 Å². The largest absolute Gasteiger partial charge is 0.345 e. The minimum Gasteiger partial charge on any atom is -0.345 e. The summed E-state index contributed by atoms with van der Waals surface area (Å²) in [7, 11) is 0. The van der Waals surface area contributed by atoms with Crippen molar-refractivity contribution in [3.63, 3.8) is 0 Å². The number of aryl methyl sites for hydroxylation is 1. The first-order valence-electron chi connectivity index (χ1n) is 5.55. The first-order valence-corrected chi connectivity index (χ1v) is 6.34. The van der Waals surface area contributed by atoms with Crippen LogP contribution in [0.3, 0.4) is 0 Å². The molecule has 0 unspecified atom stereocenters.